The zero-order valence-electron chi connectivity index (χ0n) is 17.7. The normalized spacial score (nSPS) is 12.6. The molecule has 0 saturated heterocycles. The lowest BCUT2D eigenvalue weighted by Crippen LogP contribution is -2.36. The summed E-state index contributed by atoms with van der Waals surface area (Å²) in [5.41, 5.74) is 3.72. The molecular weight excluding hydrogens is 388 g/mol. The van der Waals surface area contributed by atoms with Crippen LogP contribution in [0.5, 0.6) is 5.75 Å². The van der Waals surface area contributed by atoms with Gasteiger partial charge in [0.2, 0.25) is 10.0 Å². The van der Waals surface area contributed by atoms with Crippen molar-refractivity contribution in [2.75, 3.05) is 7.05 Å². The van der Waals surface area contributed by atoms with E-state index in [0.717, 1.165) is 11.1 Å². The molecule has 0 saturated carbocycles. The summed E-state index contributed by atoms with van der Waals surface area (Å²) in [5, 5.41) is 2.86. The molecule has 0 heterocycles. The number of carbonyl (C=O) groups is 1. The van der Waals surface area contributed by atoms with Crippen LogP contribution in [0.1, 0.15) is 48.9 Å². The SMILES string of the molecule is CNS(=O)(=O)Cc1ccc(CNC(=O)[C@H](C)Oc2cc(C(C)C)ccc2C)cc1. The molecule has 0 unspecified atom stereocenters. The van der Waals surface area contributed by atoms with E-state index in [2.05, 4.69) is 30.0 Å². The second-order valence-electron chi connectivity index (χ2n) is 7.44. The summed E-state index contributed by atoms with van der Waals surface area (Å²) in [5.74, 6) is 0.818. The topological polar surface area (TPSA) is 84.5 Å². The lowest BCUT2D eigenvalue weighted by molar-refractivity contribution is -0.127. The van der Waals surface area contributed by atoms with Crippen LogP contribution in [0.3, 0.4) is 0 Å². The molecule has 1 atom stereocenters. The summed E-state index contributed by atoms with van der Waals surface area (Å²) in [6.45, 7) is 8.26. The quantitative estimate of drug-likeness (QED) is 0.655. The Labute approximate surface area is 173 Å². The first-order chi connectivity index (χ1) is 13.6. The number of amides is 1. The molecule has 158 valence electrons. The van der Waals surface area contributed by atoms with Crippen molar-refractivity contribution in [3.8, 4) is 5.75 Å². The number of rotatable bonds is 9. The maximum atomic E-state index is 12.4. The largest absolute Gasteiger partial charge is 0.481 e. The van der Waals surface area contributed by atoms with Crippen LogP contribution in [0.25, 0.3) is 0 Å². The second kappa shape index (κ2) is 9.89. The fourth-order valence-corrected chi connectivity index (χ4v) is 3.50. The highest BCUT2D eigenvalue weighted by Gasteiger charge is 2.16. The molecule has 0 aliphatic carbocycles. The van der Waals surface area contributed by atoms with Crippen LogP contribution in [0.2, 0.25) is 0 Å². The maximum Gasteiger partial charge on any atom is 0.261 e. The van der Waals surface area contributed by atoms with Gasteiger partial charge in [0.15, 0.2) is 6.10 Å². The number of nitrogens with one attached hydrogen (secondary N) is 2. The minimum Gasteiger partial charge on any atom is -0.481 e. The molecule has 2 aromatic rings. The summed E-state index contributed by atoms with van der Waals surface area (Å²) in [6, 6.07) is 13.2. The van der Waals surface area contributed by atoms with E-state index in [1.165, 1.54) is 12.6 Å². The Hall–Kier alpha value is -2.38. The molecule has 0 spiro atoms. The number of carbonyl (C=O) groups excluding carboxylic acids is 1. The third-order valence-electron chi connectivity index (χ3n) is 4.71. The molecule has 2 N–H and O–H groups in total. The zero-order chi connectivity index (χ0) is 21.6. The molecule has 6 nitrogen and oxygen atoms in total. The third-order valence-corrected chi connectivity index (χ3v) is 6.04. The van der Waals surface area contributed by atoms with Gasteiger partial charge in [0.05, 0.1) is 5.75 Å². The van der Waals surface area contributed by atoms with Crippen molar-refractivity contribution in [2.45, 2.75) is 52.0 Å². The van der Waals surface area contributed by atoms with Crippen LogP contribution in [-0.2, 0) is 27.1 Å². The Morgan fingerprint density at radius 3 is 2.24 bits per heavy atom. The first kappa shape index (κ1) is 22.9. The first-order valence-corrected chi connectivity index (χ1v) is 11.3. The highest BCUT2D eigenvalue weighted by molar-refractivity contribution is 7.88. The van der Waals surface area contributed by atoms with E-state index in [0.29, 0.717) is 23.8 Å². The fraction of sp³-hybridized carbons (Fsp3) is 0.409. The zero-order valence-corrected chi connectivity index (χ0v) is 18.5. The molecule has 0 aliphatic heterocycles. The predicted octanol–water partition coefficient (Wildman–Crippen LogP) is 3.25. The van der Waals surface area contributed by atoms with Crippen LogP contribution < -0.4 is 14.8 Å². The first-order valence-electron chi connectivity index (χ1n) is 9.65. The Morgan fingerprint density at radius 2 is 1.66 bits per heavy atom. The van der Waals surface area contributed by atoms with Crippen molar-refractivity contribution >= 4 is 15.9 Å². The fourth-order valence-electron chi connectivity index (χ4n) is 2.72. The van der Waals surface area contributed by atoms with Gasteiger partial charge in [-0.3, -0.25) is 4.79 Å². The van der Waals surface area contributed by atoms with E-state index in [4.69, 9.17) is 4.74 Å². The van der Waals surface area contributed by atoms with Crippen LogP contribution in [0.15, 0.2) is 42.5 Å². The van der Waals surface area contributed by atoms with Crippen molar-refractivity contribution in [3.05, 3.63) is 64.7 Å². The third kappa shape index (κ3) is 6.87. The summed E-state index contributed by atoms with van der Waals surface area (Å²) in [6.07, 6.45) is -0.629. The molecule has 0 aromatic heterocycles. The molecule has 29 heavy (non-hydrogen) atoms. The Balaban J connectivity index is 1.93. The van der Waals surface area contributed by atoms with Gasteiger partial charge in [-0.1, -0.05) is 50.2 Å². The van der Waals surface area contributed by atoms with Crippen molar-refractivity contribution in [3.63, 3.8) is 0 Å². The van der Waals surface area contributed by atoms with E-state index in [1.807, 2.05) is 31.2 Å². The predicted molar refractivity (Wildman–Crippen MR) is 115 cm³/mol. The molecule has 0 bridgehead atoms. The number of ether oxygens (including phenoxy) is 1. The van der Waals surface area contributed by atoms with E-state index in [-0.39, 0.29) is 11.7 Å². The van der Waals surface area contributed by atoms with Crippen LogP contribution >= 0.6 is 0 Å². The van der Waals surface area contributed by atoms with E-state index < -0.39 is 16.1 Å². The summed E-state index contributed by atoms with van der Waals surface area (Å²) >= 11 is 0. The lowest BCUT2D eigenvalue weighted by atomic mass is 10.0. The van der Waals surface area contributed by atoms with Gasteiger partial charge in [-0.2, -0.15) is 0 Å². The highest BCUT2D eigenvalue weighted by atomic mass is 32.2. The smallest absolute Gasteiger partial charge is 0.261 e. The van der Waals surface area contributed by atoms with Gasteiger partial charge >= 0.3 is 0 Å². The summed E-state index contributed by atoms with van der Waals surface area (Å²) in [7, 11) is -1.91. The minimum atomic E-state index is -3.30. The Kier molecular flexibility index (Phi) is 7.81. The van der Waals surface area contributed by atoms with Crippen molar-refractivity contribution in [2.24, 2.45) is 0 Å². The van der Waals surface area contributed by atoms with Gasteiger partial charge in [0.25, 0.3) is 5.91 Å². The highest BCUT2D eigenvalue weighted by Crippen LogP contribution is 2.25. The van der Waals surface area contributed by atoms with Crippen LogP contribution in [0.4, 0.5) is 0 Å². The molecule has 2 rings (SSSR count). The number of aryl methyl sites for hydroxylation is 1. The molecule has 2 aromatic carbocycles. The van der Waals surface area contributed by atoms with Gasteiger partial charge in [0.1, 0.15) is 5.75 Å². The van der Waals surface area contributed by atoms with Gasteiger partial charge in [-0.25, -0.2) is 13.1 Å². The molecule has 0 aliphatic rings. The summed E-state index contributed by atoms with van der Waals surface area (Å²) in [4.78, 5) is 12.4. The maximum absolute atomic E-state index is 12.4. The van der Waals surface area contributed by atoms with Crippen molar-refractivity contribution in [1.29, 1.82) is 0 Å². The number of hydrogen-bond acceptors (Lipinski definition) is 4. The minimum absolute atomic E-state index is 0.0736. The average Bonchev–Trinajstić information content (AvgIpc) is 2.68. The Bertz CT molecular complexity index is 938. The second-order valence-corrected chi connectivity index (χ2v) is 9.36. The Morgan fingerprint density at radius 1 is 1.03 bits per heavy atom. The van der Waals surface area contributed by atoms with Gasteiger partial charge < -0.3 is 10.1 Å². The lowest BCUT2D eigenvalue weighted by Gasteiger charge is -2.18. The van der Waals surface area contributed by atoms with E-state index in [1.54, 1.807) is 19.1 Å². The van der Waals surface area contributed by atoms with Gasteiger partial charge in [0, 0.05) is 6.54 Å². The van der Waals surface area contributed by atoms with Gasteiger partial charge in [-0.15, -0.1) is 0 Å². The standard InChI is InChI=1S/C22H30N2O4S/c1-15(2)20-11-6-16(3)21(12-20)28-17(4)22(25)24-13-18-7-9-19(10-8-18)14-29(26,27)23-5/h6-12,15,17,23H,13-14H2,1-5H3,(H,24,25)/t17-/m0/s1. The monoisotopic (exact) mass is 418 g/mol. The molecule has 0 radical (unpaired) electrons. The molecule has 1 amide bonds. The van der Waals surface area contributed by atoms with Crippen molar-refractivity contribution < 1.29 is 17.9 Å². The number of hydrogen-bond donors (Lipinski definition) is 2. The van der Waals surface area contributed by atoms with Gasteiger partial charge in [-0.05, 0) is 55.1 Å². The number of benzene rings is 2. The molecular formula is C22H30N2O4S. The van der Waals surface area contributed by atoms with Crippen LogP contribution in [-0.4, -0.2) is 27.5 Å². The van der Waals surface area contributed by atoms with E-state index in [9.17, 15) is 13.2 Å². The number of sulfonamides is 1. The van der Waals surface area contributed by atoms with Crippen LogP contribution in [0, 0.1) is 6.92 Å². The summed E-state index contributed by atoms with van der Waals surface area (Å²) < 4.78 is 31.4. The van der Waals surface area contributed by atoms with Crippen molar-refractivity contribution in [1.82, 2.24) is 10.0 Å². The average molecular weight is 419 g/mol. The van der Waals surface area contributed by atoms with E-state index >= 15 is 0 Å². The molecule has 0 fully saturated rings. The molecule has 7 heteroatoms.